The fraction of sp³-hybridized carbons (Fsp3) is 0.185. The summed E-state index contributed by atoms with van der Waals surface area (Å²) in [6.07, 6.45) is 0. The molecule has 0 bridgehead atoms. The summed E-state index contributed by atoms with van der Waals surface area (Å²) in [6, 6.07) is 15.8. The van der Waals surface area contributed by atoms with E-state index in [4.69, 9.17) is 49.0 Å². The molecule has 7 nitrogen and oxygen atoms in total. The summed E-state index contributed by atoms with van der Waals surface area (Å²) in [4.78, 5) is 42.7. The second-order valence-electron chi connectivity index (χ2n) is 7.41. The van der Waals surface area contributed by atoms with E-state index in [1.807, 2.05) is 0 Å². The molecule has 3 aromatic carbocycles. The Morgan fingerprint density at radius 2 is 1.43 bits per heavy atom. The van der Waals surface area contributed by atoms with Gasteiger partial charge in [-0.3, -0.25) is 4.99 Å². The highest BCUT2D eigenvalue weighted by atomic mass is 35.5. The lowest BCUT2D eigenvalue weighted by molar-refractivity contribution is -0.156. The van der Waals surface area contributed by atoms with E-state index in [9.17, 15) is 14.4 Å². The van der Waals surface area contributed by atoms with Crippen LogP contribution in [0.25, 0.3) is 0 Å². The van der Waals surface area contributed by atoms with Crippen LogP contribution in [0.3, 0.4) is 0 Å². The largest absolute Gasteiger partial charge is 0.464 e. The van der Waals surface area contributed by atoms with E-state index in [0.29, 0.717) is 11.1 Å². The van der Waals surface area contributed by atoms with Crippen LogP contribution >= 0.6 is 34.8 Å². The Morgan fingerprint density at radius 1 is 0.784 bits per heavy atom. The highest BCUT2D eigenvalue weighted by Gasteiger charge is 2.31. The van der Waals surface area contributed by atoms with Crippen LogP contribution < -0.4 is 4.74 Å². The van der Waals surface area contributed by atoms with Crippen LogP contribution in [0.5, 0.6) is 5.75 Å². The number of nitrogens with zero attached hydrogens (tertiary/aromatic N) is 1. The van der Waals surface area contributed by atoms with Crippen molar-refractivity contribution in [3.05, 3.63) is 98.5 Å². The van der Waals surface area contributed by atoms with Crippen molar-refractivity contribution in [3.63, 3.8) is 0 Å². The topological polar surface area (TPSA) is 91.3 Å². The third kappa shape index (κ3) is 7.32. The zero-order chi connectivity index (χ0) is 26.9. The fourth-order valence-corrected chi connectivity index (χ4v) is 3.70. The van der Waals surface area contributed by atoms with E-state index < -0.39 is 23.9 Å². The van der Waals surface area contributed by atoms with Crippen LogP contribution in [0, 0.1) is 0 Å². The number of benzene rings is 3. The predicted molar refractivity (Wildman–Crippen MR) is 142 cm³/mol. The highest BCUT2D eigenvalue weighted by Crippen LogP contribution is 2.30. The summed E-state index contributed by atoms with van der Waals surface area (Å²) in [5.41, 5.74) is 0.969. The van der Waals surface area contributed by atoms with Gasteiger partial charge >= 0.3 is 17.9 Å². The van der Waals surface area contributed by atoms with Gasteiger partial charge in [0.25, 0.3) is 0 Å². The van der Waals surface area contributed by atoms with Gasteiger partial charge < -0.3 is 14.2 Å². The van der Waals surface area contributed by atoms with Gasteiger partial charge in [0.05, 0.1) is 34.5 Å². The molecule has 0 saturated heterocycles. The predicted octanol–water partition coefficient (Wildman–Crippen LogP) is 6.20. The van der Waals surface area contributed by atoms with Crippen molar-refractivity contribution in [2.24, 2.45) is 4.99 Å². The normalized spacial score (nSPS) is 11.2. The average molecular weight is 563 g/mol. The number of hydrogen-bond donors (Lipinski definition) is 0. The van der Waals surface area contributed by atoms with Crippen LogP contribution in [0.2, 0.25) is 15.1 Å². The molecule has 0 saturated carbocycles. The molecule has 0 spiro atoms. The van der Waals surface area contributed by atoms with E-state index in [-0.39, 0.29) is 45.3 Å². The molecule has 3 rings (SSSR count). The summed E-state index contributed by atoms with van der Waals surface area (Å²) in [6.45, 7) is 3.23. The molecule has 10 heteroatoms. The molecule has 0 atom stereocenters. The minimum Gasteiger partial charge on any atom is -0.464 e. The zero-order valence-corrected chi connectivity index (χ0v) is 22.1. The van der Waals surface area contributed by atoms with Gasteiger partial charge in [-0.25, -0.2) is 14.4 Å². The maximum absolute atomic E-state index is 12.8. The first-order valence-electron chi connectivity index (χ1n) is 11.2. The molecule has 192 valence electrons. The molecule has 3 aromatic rings. The molecule has 0 fully saturated rings. The van der Waals surface area contributed by atoms with Crippen LogP contribution in [0.4, 0.5) is 0 Å². The molecule has 0 aliphatic heterocycles. The SMILES string of the molecule is CCOC(=O)C(N=C(c1ccc(Cl)c(Cl)c1)c1cc(Cl)ccc1OC(=O)c1ccccc1)C(=O)OCC. The molecular formula is C27H22Cl3NO6. The summed E-state index contributed by atoms with van der Waals surface area (Å²) in [7, 11) is 0. The summed E-state index contributed by atoms with van der Waals surface area (Å²) in [5.74, 6) is -2.38. The number of aliphatic imine (C=N–C) groups is 1. The maximum Gasteiger partial charge on any atom is 0.343 e. The van der Waals surface area contributed by atoms with Gasteiger partial charge in [-0.1, -0.05) is 59.1 Å². The lowest BCUT2D eigenvalue weighted by Crippen LogP contribution is -2.33. The first-order valence-corrected chi connectivity index (χ1v) is 12.3. The van der Waals surface area contributed by atoms with E-state index in [1.165, 1.54) is 30.3 Å². The van der Waals surface area contributed by atoms with Gasteiger partial charge in [-0.05, 0) is 56.3 Å². The lowest BCUT2D eigenvalue weighted by atomic mass is 10.0. The Morgan fingerprint density at radius 3 is 2.03 bits per heavy atom. The second kappa shape index (κ2) is 13.2. The summed E-state index contributed by atoms with van der Waals surface area (Å²) >= 11 is 18.7. The zero-order valence-electron chi connectivity index (χ0n) is 19.9. The minimum atomic E-state index is -1.67. The Labute approximate surface area is 228 Å². The van der Waals surface area contributed by atoms with Crippen molar-refractivity contribution >= 4 is 58.4 Å². The van der Waals surface area contributed by atoms with E-state index in [1.54, 1.807) is 50.2 Å². The molecule has 0 amide bonds. The number of esters is 3. The summed E-state index contributed by atoms with van der Waals surface area (Å²) in [5, 5.41) is 0.755. The molecular weight excluding hydrogens is 541 g/mol. The van der Waals surface area contributed by atoms with Crippen LogP contribution in [0.15, 0.2) is 71.7 Å². The Balaban J connectivity index is 2.22. The quantitative estimate of drug-likeness (QED) is 0.133. The van der Waals surface area contributed by atoms with Crippen molar-refractivity contribution in [2.45, 2.75) is 19.9 Å². The van der Waals surface area contributed by atoms with E-state index in [0.717, 1.165) is 0 Å². The fourth-order valence-electron chi connectivity index (χ4n) is 3.23. The van der Waals surface area contributed by atoms with Crippen molar-refractivity contribution in [1.82, 2.24) is 0 Å². The Kier molecular flexibility index (Phi) is 10.1. The van der Waals surface area contributed by atoms with Gasteiger partial charge in [-0.2, -0.15) is 0 Å². The molecule has 0 aromatic heterocycles. The first kappa shape index (κ1) is 28.2. The number of ether oxygens (including phenoxy) is 3. The average Bonchev–Trinajstić information content (AvgIpc) is 2.88. The van der Waals surface area contributed by atoms with Crippen molar-refractivity contribution in [2.75, 3.05) is 13.2 Å². The first-order chi connectivity index (χ1) is 17.7. The molecule has 0 aliphatic carbocycles. The number of carbonyl (C=O) groups is 3. The van der Waals surface area contributed by atoms with E-state index >= 15 is 0 Å². The molecule has 0 N–H and O–H groups in total. The smallest absolute Gasteiger partial charge is 0.343 e. The Bertz CT molecular complexity index is 1310. The highest BCUT2D eigenvalue weighted by molar-refractivity contribution is 6.42. The molecule has 0 unspecified atom stereocenters. The molecule has 0 heterocycles. The minimum absolute atomic E-state index is 0.0173. The number of hydrogen-bond acceptors (Lipinski definition) is 7. The van der Waals surface area contributed by atoms with Crippen molar-refractivity contribution in [1.29, 1.82) is 0 Å². The molecule has 37 heavy (non-hydrogen) atoms. The van der Waals surface area contributed by atoms with Gasteiger partial charge in [0.15, 0.2) is 0 Å². The molecule has 0 aliphatic rings. The van der Waals surface area contributed by atoms with Crippen LogP contribution in [-0.4, -0.2) is 42.9 Å². The monoisotopic (exact) mass is 561 g/mol. The van der Waals surface area contributed by atoms with Crippen LogP contribution in [-0.2, 0) is 19.1 Å². The van der Waals surface area contributed by atoms with Crippen molar-refractivity contribution < 1.29 is 28.6 Å². The Hall–Kier alpha value is -3.39. The summed E-state index contributed by atoms with van der Waals surface area (Å²) < 4.78 is 15.8. The third-order valence-corrected chi connectivity index (χ3v) is 5.85. The number of rotatable bonds is 9. The van der Waals surface area contributed by atoms with Crippen LogP contribution in [0.1, 0.15) is 35.3 Å². The maximum atomic E-state index is 12.8. The number of carbonyl (C=O) groups excluding carboxylic acids is 3. The van der Waals surface area contributed by atoms with Gasteiger partial charge in [-0.15, -0.1) is 0 Å². The lowest BCUT2D eigenvalue weighted by Gasteiger charge is -2.17. The molecule has 0 radical (unpaired) electrons. The van der Waals surface area contributed by atoms with E-state index in [2.05, 4.69) is 4.99 Å². The second-order valence-corrected chi connectivity index (χ2v) is 8.66. The van der Waals surface area contributed by atoms with Gasteiger partial charge in [0, 0.05) is 16.1 Å². The third-order valence-electron chi connectivity index (χ3n) is 4.88. The number of halogens is 3. The van der Waals surface area contributed by atoms with Gasteiger partial charge in [0.1, 0.15) is 5.75 Å². The van der Waals surface area contributed by atoms with Crippen molar-refractivity contribution in [3.8, 4) is 5.75 Å². The van der Waals surface area contributed by atoms with Gasteiger partial charge in [0.2, 0.25) is 6.04 Å². The standard InChI is InChI=1S/C27H22Cl3NO6/c1-3-35-26(33)24(27(34)36-4-2)31-23(17-10-12-20(29)21(30)14-17)19-15-18(28)11-13-22(19)37-25(32)16-8-6-5-7-9-16/h5-15,24H,3-4H2,1-2H3.